The summed E-state index contributed by atoms with van der Waals surface area (Å²) in [6.07, 6.45) is -3.21. The third-order valence-electron chi connectivity index (χ3n) is 4.41. The zero-order chi connectivity index (χ0) is 26.9. The average Bonchev–Trinajstić information content (AvgIpc) is 3.32. The molecule has 194 valence electrons. The van der Waals surface area contributed by atoms with Gasteiger partial charge in [0.15, 0.2) is 11.5 Å². The first kappa shape index (κ1) is 28.4. The molecule has 0 atom stereocenters. The van der Waals surface area contributed by atoms with Crippen LogP contribution in [-0.2, 0) is 11.3 Å². The van der Waals surface area contributed by atoms with Crippen LogP contribution in [0.1, 0.15) is 31.3 Å². The number of carboxylic acid groups (broad SMARTS) is 1. The topological polar surface area (TPSA) is 122 Å². The molecule has 0 radical (unpaired) electrons. The molecule has 4 N–H and O–H groups in total. The van der Waals surface area contributed by atoms with Gasteiger partial charge in [-0.2, -0.15) is 13.2 Å². The third-order valence-corrected chi connectivity index (χ3v) is 5.18. The van der Waals surface area contributed by atoms with E-state index >= 15 is 0 Å². The van der Waals surface area contributed by atoms with Gasteiger partial charge in [-0.15, -0.1) is 11.3 Å². The first-order valence-corrected chi connectivity index (χ1v) is 11.6. The van der Waals surface area contributed by atoms with E-state index in [0.717, 1.165) is 22.1 Å². The minimum atomic E-state index is -5.08. The summed E-state index contributed by atoms with van der Waals surface area (Å²) in [4.78, 5) is 15.5. The van der Waals surface area contributed by atoms with Crippen LogP contribution in [0.4, 0.5) is 24.5 Å². The first-order valence-electron chi connectivity index (χ1n) is 10.8. The van der Waals surface area contributed by atoms with Crippen molar-refractivity contribution < 1.29 is 32.5 Å². The molecule has 8 nitrogen and oxygen atoms in total. The van der Waals surface area contributed by atoms with Gasteiger partial charge in [0.25, 0.3) is 0 Å². The Balaban J connectivity index is 0.000000572. The molecule has 0 amide bonds. The molecule has 3 aromatic rings. The molecule has 1 aromatic heterocycles. The molecule has 3 rings (SSSR count). The number of thiazole rings is 1. The summed E-state index contributed by atoms with van der Waals surface area (Å²) < 4.78 is 43.5. The van der Waals surface area contributed by atoms with Gasteiger partial charge in [-0.25, -0.2) is 9.78 Å². The van der Waals surface area contributed by atoms with Gasteiger partial charge >= 0.3 is 12.1 Å². The maximum absolute atomic E-state index is 10.6. The normalized spacial score (nSPS) is 10.9. The van der Waals surface area contributed by atoms with Gasteiger partial charge in [0.1, 0.15) is 10.8 Å². The fourth-order valence-electron chi connectivity index (χ4n) is 2.90. The smallest absolute Gasteiger partial charge is 0.490 e. The molecule has 0 fully saturated rings. The Morgan fingerprint density at radius 2 is 1.78 bits per heavy atom. The van der Waals surface area contributed by atoms with Crippen molar-refractivity contribution >= 4 is 34.5 Å². The lowest BCUT2D eigenvalue weighted by Gasteiger charge is -2.26. The van der Waals surface area contributed by atoms with Crippen LogP contribution in [0, 0.1) is 5.41 Å². The highest BCUT2D eigenvalue weighted by Gasteiger charge is 2.38. The summed E-state index contributed by atoms with van der Waals surface area (Å²) in [6.45, 7) is 7.12. The molecule has 0 bridgehead atoms. The fourth-order valence-corrected chi connectivity index (χ4v) is 3.51. The molecule has 36 heavy (non-hydrogen) atoms. The maximum atomic E-state index is 10.6. The number of aromatic nitrogens is 1. The van der Waals surface area contributed by atoms with Crippen LogP contribution in [0.2, 0.25) is 0 Å². The first-order chi connectivity index (χ1) is 16.9. The fraction of sp³-hybridized carbons (Fsp3) is 0.292. The number of carboxylic acids is 1. The van der Waals surface area contributed by atoms with Crippen molar-refractivity contribution in [1.82, 2.24) is 4.98 Å². The van der Waals surface area contributed by atoms with Gasteiger partial charge in [-0.05, 0) is 57.2 Å². The lowest BCUT2D eigenvalue weighted by molar-refractivity contribution is -0.192. The molecule has 2 aromatic carbocycles. The number of alkyl halides is 3. The molecule has 1 heterocycles. The number of hydrogen-bond donors (Lipinski definition) is 3. The van der Waals surface area contributed by atoms with E-state index in [1.165, 1.54) is 0 Å². The van der Waals surface area contributed by atoms with Crippen molar-refractivity contribution in [3.63, 3.8) is 0 Å². The van der Waals surface area contributed by atoms with Gasteiger partial charge in [0, 0.05) is 34.6 Å². The highest BCUT2D eigenvalue weighted by Crippen LogP contribution is 2.36. The van der Waals surface area contributed by atoms with Crippen molar-refractivity contribution in [2.75, 3.05) is 11.5 Å². The number of anilines is 2. The Hall–Kier alpha value is -3.80. The molecule has 12 heteroatoms. The molecule has 0 aliphatic carbocycles. The molecular weight excluding hydrogens is 497 g/mol. The van der Waals surface area contributed by atoms with Crippen LogP contribution < -0.4 is 20.1 Å². The Morgan fingerprint density at radius 1 is 1.17 bits per heavy atom. The number of nitrogen functional groups attached to an aromatic ring is 1. The Kier molecular flexibility index (Phi) is 10.1. The predicted molar refractivity (Wildman–Crippen MR) is 132 cm³/mol. The summed E-state index contributed by atoms with van der Waals surface area (Å²) in [5.41, 5.74) is 8.24. The number of nitrogens with one attached hydrogen (secondary N) is 1. The van der Waals surface area contributed by atoms with E-state index in [1.54, 1.807) is 11.3 Å². The summed E-state index contributed by atoms with van der Waals surface area (Å²) in [7, 11) is 0. The molecule has 0 aliphatic heterocycles. The summed E-state index contributed by atoms with van der Waals surface area (Å²) >= 11 is 1.61. The van der Waals surface area contributed by atoms with E-state index in [0.29, 0.717) is 24.5 Å². The zero-order valence-electron chi connectivity index (χ0n) is 19.9. The third kappa shape index (κ3) is 8.45. The van der Waals surface area contributed by atoms with Crippen LogP contribution >= 0.6 is 11.3 Å². The van der Waals surface area contributed by atoms with E-state index < -0.39 is 12.1 Å². The van der Waals surface area contributed by atoms with E-state index in [4.69, 9.17) is 30.5 Å². The van der Waals surface area contributed by atoms with E-state index in [-0.39, 0.29) is 11.9 Å². The number of nitrogens with zero attached hydrogens (tertiary/aromatic N) is 2. The largest absolute Gasteiger partial charge is 0.490 e. The number of benzene rings is 2. The van der Waals surface area contributed by atoms with E-state index in [9.17, 15) is 13.2 Å². The van der Waals surface area contributed by atoms with Crippen molar-refractivity contribution in [2.24, 2.45) is 5.73 Å². The number of hydrogen-bond acceptors (Lipinski definition) is 7. The second-order valence-corrected chi connectivity index (χ2v) is 8.49. The molecular formula is C24H27F3N4O4S. The highest BCUT2D eigenvalue weighted by atomic mass is 32.1. The number of ether oxygens (including phenoxy) is 2. The predicted octanol–water partition coefficient (Wildman–Crippen LogP) is 5.58. The van der Waals surface area contributed by atoms with Gasteiger partial charge in [0.2, 0.25) is 0 Å². The minimum absolute atomic E-state index is 0.0526. The lowest BCUT2D eigenvalue weighted by Crippen LogP contribution is -2.21. The molecule has 0 saturated carbocycles. The SMILES string of the molecule is CCOc1cc(N(Cc2nccs2)c2ccc(C(=N)N)cc2)ccc1OC(C)C.O=C(O)C(F)(F)F. The molecule has 0 saturated heterocycles. The minimum Gasteiger partial charge on any atom is -0.490 e. The molecule has 0 spiro atoms. The second kappa shape index (κ2) is 12.8. The molecule has 0 unspecified atom stereocenters. The Bertz CT molecular complexity index is 1140. The summed E-state index contributed by atoms with van der Waals surface area (Å²) in [5, 5.41) is 17.7. The number of amidine groups is 1. The van der Waals surface area contributed by atoms with Crippen LogP contribution in [0.25, 0.3) is 0 Å². The Labute approximate surface area is 210 Å². The maximum Gasteiger partial charge on any atom is 0.490 e. The highest BCUT2D eigenvalue weighted by molar-refractivity contribution is 7.09. The van der Waals surface area contributed by atoms with Gasteiger partial charge in [0.05, 0.1) is 19.3 Å². The van der Waals surface area contributed by atoms with Crippen molar-refractivity contribution in [3.8, 4) is 11.5 Å². The van der Waals surface area contributed by atoms with Crippen molar-refractivity contribution in [3.05, 3.63) is 64.6 Å². The van der Waals surface area contributed by atoms with Crippen LogP contribution in [0.3, 0.4) is 0 Å². The summed E-state index contributed by atoms with van der Waals surface area (Å²) in [6, 6.07) is 13.6. The van der Waals surface area contributed by atoms with E-state index in [1.807, 2.05) is 74.8 Å². The van der Waals surface area contributed by atoms with Gasteiger partial charge < -0.3 is 25.2 Å². The number of nitrogens with two attached hydrogens (primary N) is 1. The average molecular weight is 525 g/mol. The lowest BCUT2D eigenvalue weighted by atomic mass is 10.1. The number of carbonyl (C=O) groups is 1. The number of aliphatic carboxylic acids is 1. The van der Waals surface area contributed by atoms with Gasteiger partial charge in [-0.1, -0.05) is 0 Å². The monoisotopic (exact) mass is 524 g/mol. The number of halogens is 3. The van der Waals surface area contributed by atoms with Crippen molar-refractivity contribution in [2.45, 2.75) is 39.6 Å². The van der Waals surface area contributed by atoms with Crippen molar-refractivity contribution in [1.29, 1.82) is 5.41 Å². The summed E-state index contributed by atoms with van der Waals surface area (Å²) in [5.74, 6) is -1.26. The number of rotatable bonds is 9. The van der Waals surface area contributed by atoms with Crippen LogP contribution in [-0.4, -0.2) is 40.8 Å². The Morgan fingerprint density at radius 3 is 2.25 bits per heavy atom. The van der Waals surface area contributed by atoms with Crippen LogP contribution in [0.5, 0.6) is 11.5 Å². The van der Waals surface area contributed by atoms with Crippen LogP contribution in [0.15, 0.2) is 54.0 Å². The standard InChI is InChI=1S/C22H26N4O2S.C2HF3O2/c1-4-27-20-13-18(9-10-19(20)28-15(2)3)26(14-21-25-11-12-29-21)17-7-5-16(6-8-17)22(23)24;3-2(4,5)1(6)7/h5-13,15H,4,14H2,1-3H3,(H3,23,24);(H,6,7). The van der Waals surface area contributed by atoms with E-state index in [2.05, 4.69) is 9.88 Å². The van der Waals surface area contributed by atoms with Gasteiger partial charge in [-0.3, -0.25) is 5.41 Å². The molecule has 0 aliphatic rings. The zero-order valence-corrected chi connectivity index (χ0v) is 20.7. The second-order valence-electron chi connectivity index (χ2n) is 7.51. The quantitative estimate of drug-likeness (QED) is 0.247.